The molecule has 0 atom stereocenters. The van der Waals surface area contributed by atoms with Gasteiger partial charge in [-0.05, 0) is 0 Å². The molecule has 0 rings (SSSR count). The molecule has 0 fully saturated rings. The third-order valence-electron chi connectivity index (χ3n) is 0.638. The third-order valence-corrected chi connectivity index (χ3v) is 0.638. The number of hydrogen-bond donors (Lipinski definition) is 0. The van der Waals surface area contributed by atoms with Gasteiger partial charge >= 0.3 is 7.69 Å². The molecular weight excluding hydrogens is 115 g/mol. The van der Waals surface area contributed by atoms with Crippen LogP contribution < -0.4 is 0 Å². The first-order valence-electron chi connectivity index (χ1n) is 2.79. The van der Waals surface area contributed by atoms with Crippen molar-refractivity contribution in [2.45, 2.75) is 0 Å². The predicted molar refractivity (Wildman–Crippen MR) is 39.4 cm³/mol. The maximum Gasteiger partial charge on any atom is 0.438 e. The Kier molecular flexibility index (Phi) is 7.02. The highest BCUT2D eigenvalue weighted by Crippen LogP contribution is 1.75. The van der Waals surface area contributed by atoms with Gasteiger partial charge < -0.3 is 9.31 Å². The average molecular weight is 126 g/mol. The van der Waals surface area contributed by atoms with Crippen LogP contribution in [0.25, 0.3) is 0 Å². The van der Waals surface area contributed by atoms with Gasteiger partial charge in [0.25, 0.3) is 0 Å². The van der Waals surface area contributed by atoms with E-state index in [-0.39, 0.29) is 0 Å². The minimum atomic E-state index is 0.317. The minimum absolute atomic E-state index is 0.317. The summed E-state index contributed by atoms with van der Waals surface area (Å²) in [6, 6.07) is 0. The van der Waals surface area contributed by atoms with E-state index in [9.17, 15) is 0 Å². The molecule has 9 heavy (non-hydrogen) atoms. The second-order valence-electron chi connectivity index (χ2n) is 1.44. The van der Waals surface area contributed by atoms with Gasteiger partial charge in [-0.15, -0.1) is 13.2 Å². The Bertz CT molecular complexity index is 73.1. The molecule has 50 valence electrons. The molecule has 0 N–H and O–H groups in total. The van der Waals surface area contributed by atoms with Crippen LogP contribution in [-0.2, 0) is 9.31 Å². The zero-order chi connectivity index (χ0) is 6.95. The van der Waals surface area contributed by atoms with E-state index in [4.69, 9.17) is 9.31 Å². The summed E-state index contributed by atoms with van der Waals surface area (Å²) in [6.07, 6.45) is 3.36. The first-order valence-corrected chi connectivity index (χ1v) is 2.79. The zero-order valence-electron chi connectivity index (χ0n) is 5.51. The molecular formula is C6H11BO2. The van der Waals surface area contributed by atoms with Gasteiger partial charge in [-0.2, -0.15) is 0 Å². The normalized spacial score (nSPS) is 8.44. The van der Waals surface area contributed by atoms with Crippen molar-refractivity contribution < 1.29 is 9.31 Å². The van der Waals surface area contributed by atoms with Crippen molar-refractivity contribution in [3.8, 4) is 0 Å². The fourth-order valence-electron chi connectivity index (χ4n) is 0.322. The van der Waals surface area contributed by atoms with Crippen molar-refractivity contribution >= 4 is 7.69 Å². The molecule has 0 aromatic rings. The fourth-order valence-corrected chi connectivity index (χ4v) is 0.322. The maximum absolute atomic E-state index is 4.90. The Morgan fingerprint density at radius 3 is 1.89 bits per heavy atom. The minimum Gasteiger partial charge on any atom is -0.410 e. The molecule has 2 nitrogen and oxygen atoms in total. The standard InChI is InChI=1S/C6H11BO2/c1-3-5-8-7-9-6-4-2/h3-4,7H,1-2,5-6H2. The van der Waals surface area contributed by atoms with Crippen LogP contribution in [0.4, 0.5) is 0 Å². The van der Waals surface area contributed by atoms with E-state index >= 15 is 0 Å². The summed E-state index contributed by atoms with van der Waals surface area (Å²) >= 11 is 0. The molecule has 3 heteroatoms. The van der Waals surface area contributed by atoms with Gasteiger partial charge in [0.05, 0.1) is 0 Å². The molecule has 0 saturated carbocycles. The molecule has 0 radical (unpaired) electrons. The summed E-state index contributed by atoms with van der Waals surface area (Å²) in [7, 11) is 0.317. The van der Waals surface area contributed by atoms with E-state index in [1.54, 1.807) is 12.2 Å². The molecule has 0 aromatic carbocycles. The first kappa shape index (κ1) is 8.46. The van der Waals surface area contributed by atoms with Gasteiger partial charge in [0.2, 0.25) is 0 Å². The quantitative estimate of drug-likeness (QED) is 0.295. The lowest BCUT2D eigenvalue weighted by Crippen LogP contribution is -2.03. The predicted octanol–water partition coefficient (Wildman–Crippen LogP) is 0.658. The topological polar surface area (TPSA) is 18.5 Å². The summed E-state index contributed by atoms with van der Waals surface area (Å²) in [5.74, 6) is 0. The number of rotatable bonds is 6. The molecule has 0 aliphatic rings. The molecule has 0 unspecified atom stereocenters. The molecule has 0 heterocycles. The smallest absolute Gasteiger partial charge is 0.410 e. The van der Waals surface area contributed by atoms with Gasteiger partial charge in [-0.3, -0.25) is 0 Å². The molecule has 0 bridgehead atoms. The van der Waals surface area contributed by atoms with Crippen LogP contribution in [0, 0.1) is 0 Å². The average Bonchev–Trinajstić information content (AvgIpc) is 1.89. The van der Waals surface area contributed by atoms with Crippen molar-refractivity contribution in [3.63, 3.8) is 0 Å². The Morgan fingerprint density at radius 1 is 1.11 bits per heavy atom. The summed E-state index contributed by atoms with van der Waals surface area (Å²) in [5.41, 5.74) is 0. The van der Waals surface area contributed by atoms with Crippen molar-refractivity contribution in [2.75, 3.05) is 13.2 Å². The van der Waals surface area contributed by atoms with Crippen LogP contribution in [0.2, 0.25) is 0 Å². The van der Waals surface area contributed by atoms with Crippen LogP contribution >= 0.6 is 0 Å². The molecule has 0 aliphatic carbocycles. The van der Waals surface area contributed by atoms with Gasteiger partial charge in [0.15, 0.2) is 0 Å². The highest BCUT2D eigenvalue weighted by molar-refractivity contribution is 6.17. The van der Waals surface area contributed by atoms with Crippen LogP contribution in [0.3, 0.4) is 0 Å². The van der Waals surface area contributed by atoms with Crippen molar-refractivity contribution in [1.29, 1.82) is 0 Å². The van der Waals surface area contributed by atoms with E-state index < -0.39 is 0 Å². The van der Waals surface area contributed by atoms with E-state index in [0.717, 1.165) is 0 Å². The van der Waals surface area contributed by atoms with Crippen LogP contribution in [0.5, 0.6) is 0 Å². The van der Waals surface area contributed by atoms with Crippen LogP contribution in [0.15, 0.2) is 25.3 Å². The lowest BCUT2D eigenvalue weighted by atomic mass is 10.4. The Hall–Kier alpha value is -0.535. The van der Waals surface area contributed by atoms with Crippen molar-refractivity contribution in [1.82, 2.24) is 0 Å². The third kappa shape index (κ3) is 7.46. The Balaban J connectivity index is 2.74. The molecule has 0 saturated heterocycles. The maximum atomic E-state index is 4.90. The molecule has 0 aromatic heterocycles. The van der Waals surface area contributed by atoms with Gasteiger partial charge in [-0.25, -0.2) is 0 Å². The second-order valence-corrected chi connectivity index (χ2v) is 1.44. The SMILES string of the molecule is C=CCOBOCC=C. The van der Waals surface area contributed by atoms with Crippen molar-refractivity contribution in [3.05, 3.63) is 25.3 Å². The lowest BCUT2D eigenvalue weighted by Gasteiger charge is -1.96. The summed E-state index contributed by atoms with van der Waals surface area (Å²) < 4.78 is 9.79. The van der Waals surface area contributed by atoms with Gasteiger partial charge in [-0.1, -0.05) is 12.2 Å². The second kappa shape index (κ2) is 7.46. The van der Waals surface area contributed by atoms with Gasteiger partial charge in [0, 0.05) is 13.2 Å². The fraction of sp³-hybridized carbons (Fsp3) is 0.333. The van der Waals surface area contributed by atoms with Gasteiger partial charge in [0.1, 0.15) is 0 Å². The van der Waals surface area contributed by atoms with E-state index in [0.29, 0.717) is 20.9 Å². The Morgan fingerprint density at radius 2 is 1.56 bits per heavy atom. The molecule has 0 aliphatic heterocycles. The van der Waals surface area contributed by atoms with Crippen molar-refractivity contribution in [2.24, 2.45) is 0 Å². The molecule has 0 spiro atoms. The number of hydrogen-bond acceptors (Lipinski definition) is 2. The van der Waals surface area contributed by atoms with Crippen LogP contribution in [-0.4, -0.2) is 20.9 Å². The summed E-state index contributed by atoms with van der Waals surface area (Å²) in [5, 5.41) is 0. The first-order chi connectivity index (χ1) is 4.41. The monoisotopic (exact) mass is 126 g/mol. The summed E-state index contributed by atoms with van der Waals surface area (Å²) in [4.78, 5) is 0. The van der Waals surface area contributed by atoms with Crippen LogP contribution in [0.1, 0.15) is 0 Å². The highest BCUT2D eigenvalue weighted by Gasteiger charge is 1.85. The highest BCUT2D eigenvalue weighted by atomic mass is 16.6. The lowest BCUT2D eigenvalue weighted by molar-refractivity contribution is 0.261. The van der Waals surface area contributed by atoms with E-state index in [1.807, 2.05) is 0 Å². The Labute approximate surface area is 56.5 Å². The summed E-state index contributed by atoms with van der Waals surface area (Å²) in [6.45, 7) is 8.03. The zero-order valence-corrected chi connectivity index (χ0v) is 5.51. The van der Waals surface area contributed by atoms with E-state index in [1.165, 1.54) is 0 Å². The van der Waals surface area contributed by atoms with E-state index in [2.05, 4.69) is 13.2 Å². The largest absolute Gasteiger partial charge is 0.438 e. The molecule has 0 amide bonds.